The fraction of sp³-hybridized carbons (Fsp3) is 0.571. The van der Waals surface area contributed by atoms with E-state index in [1.807, 2.05) is 0 Å². The third-order valence-electron chi connectivity index (χ3n) is 3.62. The quantitative estimate of drug-likeness (QED) is 0.826. The molecule has 0 saturated heterocycles. The number of rotatable bonds is 5. The zero-order valence-electron chi connectivity index (χ0n) is 10.3. The molecule has 0 aliphatic heterocycles. The monoisotopic (exact) mass is 239 g/mol. The molecule has 0 unspecified atom stereocenters. The Morgan fingerprint density at radius 3 is 2.62 bits per heavy atom. The number of hydrogen-bond donors (Lipinski definition) is 1. The van der Waals surface area contributed by atoms with Gasteiger partial charge in [-0.15, -0.1) is 12.4 Å². The topological polar surface area (TPSA) is 12.0 Å². The average Bonchev–Trinajstić information content (AvgIpc) is 2.99. The SMILES string of the molecule is CCC1(CNCc2cccc(C)c2)CC1.Cl. The van der Waals surface area contributed by atoms with Gasteiger partial charge in [-0.25, -0.2) is 0 Å². The Balaban J connectivity index is 0.00000128. The van der Waals surface area contributed by atoms with Crippen molar-refractivity contribution >= 4 is 12.4 Å². The molecule has 1 nitrogen and oxygen atoms in total. The molecule has 0 spiro atoms. The van der Waals surface area contributed by atoms with E-state index >= 15 is 0 Å². The maximum Gasteiger partial charge on any atom is 0.0205 e. The van der Waals surface area contributed by atoms with Crippen LogP contribution in [0.15, 0.2) is 24.3 Å². The summed E-state index contributed by atoms with van der Waals surface area (Å²) in [6.07, 6.45) is 4.17. The summed E-state index contributed by atoms with van der Waals surface area (Å²) in [7, 11) is 0. The first-order valence-electron chi connectivity index (χ1n) is 6.00. The van der Waals surface area contributed by atoms with Crippen LogP contribution in [0.2, 0.25) is 0 Å². The molecule has 1 saturated carbocycles. The molecular formula is C14H22ClN. The van der Waals surface area contributed by atoms with Crippen LogP contribution in [-0.2, 0) is 6.54 Å². The summed E-state index contributed by atoms with van der Waals surface area (Å²) < 4.78 is 0. The minimum Gasteiger partial charge on any atom is -0.312 e. The second-order valence-electron chi connectivity index (χ2n) is 4.95. The van der Waals surface area contributed by atoms with Gasteiger partial charge < -0.3 is 5.32 Å². The van der Waals surface area contributed by atoms with E-state index in [9.17, 15) is 0 Å². The van der Waals surface area contributed by atoms with E-state index in [0.717, 1.165) is 6.54 Å². The minimum absolute atomic E-state index is 0. The Kier molecular flexibility index (Phi) is 4.82. The van der Waals surface area contributed by atoms with Crippen molar-refractivity contribution in [1.29, 1.82) is 0 Å². The second-order valence-corrected chi connectivity index (χ2v) is 4.95. The lowest BCUT2D eigenvalue weighted by atomic mass is 10.0. The normalized spacial score (nSPS) is 16.6. The van der Waals surface area contributed by atoms with Crippen molar-refractivity contribution in [3.63, 3.8) is 0 Å². The van der Waals surface area contributed by atoms with Crippen LogP contribution < -0.4 is 5.32 Å². The predicted octanol–water partition coefficient (Wildman–Crippen LogP) is 3.70. The Bertz CT molecular complexity index is 331. The van der Waals surface area contributed by atoms with Crippen molar-refractivity contribution in [3.05, 3.63) is 35.4 Å². The molecule has 1 aromatic rings. The minimum atomic E-state index is 0. The standard InChI is InChI=1S/C14H21N.ClH/c1-3-14(7-8-14)11-15-10-13-6-4-5-12(2)9-13;/h4-6,9,15H,3,7-8,10-11H2,1-2H3;1H. The fourth-order valence-electron chi connectivity index (χ4n) is 2.13. The van der Waals surface area contributed by atoms with Gasteiger partial charge in [-0.2, -0.15) is 0 Å². The maximum absolute atomic E-state index is 3.58. The van der Waals surface area contributed by atoms with Gasteiger partial charge in [0.25, 0.3) is 0 Å². The molecule has 0 aromatic heterocycles. The van der Waals surface area contributed by atoms with Crippen molar-refractivity contribution < 1.29 is 0 Å². The summed E-state index contributed by atoms with van der Waals surface area (Å²) in [6.45, 7) is 6.67. The van der Waals surface area contributed by atoms with E-state index in [4.69, 9.17) is 0 Å². The first-order chi connectivity index (χ1) is 7.24. The molecule has 2 rings (SSSR count). The third-order valence-corrected chi connectivity index (χ3v) is 3.62. The van der Waals surface area contributed by atoms with Crippen molar-refractivity contribution in [1.82, 2.24) is 5.32 Å². The Morgan fingerprint density at radius 1 is 1.31 bits per heavy atom. The van der Waals surface area contributed by atoms with Gasteiger partial charge >= 0.3 is 0 Å². The lowest BCUT2D eigenvalue weighted by molar-refractivity contribution is 0.443. The van der Waals surface area contributed by atoms with Crippen LogP contribution in [0, 0.1) is 12.3 Å². The highest BCUT2D eigenvalue weighted by atomic mass is 35.5. The smallest absolute Gasteiger partial charge is 0.0205 e. The molecule has 0 heterocycles. The zero-order chi connectivity index (χ0) is 10.7. The van der Waals surface area contributed by atoms with E-state index in [0.29, 0.717) is 5.41 Å². The van der Waals surface area contributed by atoms with E-state index in [1.165, 1.54) is 36.9 Å². The highest BCUT2D eigenvalue weighted by molar-refractivity contribution is 5.85. The number of aryl methyl sites for hydroxylation is 1. The van der Waals surface area contributed by atoms with E-state index in [-0.39, 0.29) is 12.4 Å². The van der Waals surface area contributed by atoms with Crippen LogP contribution in [0.5, 0.6) is 0 Å². The molecular weight excluding hydrogens is 218 g/mol. The van der Waals surface area contributed by atoms with E-state index < -0.39 is 0 Å². The molecule has 0 radical (unpaired) electrons. The van der Waals surface area contributed by atoms with Crippen LogP contribution in [0.4, 0.5) is 0 Å². The van der Waals surface area contributed by atoms with Crippen LogP contribution in [-0.4, -0.2) is 6.54 Å². The molecule has 2 heteroatoms. The molecule has 90 valence electrons. The Labute approximate surface area is 105 Å². The second kappa shape index (κ2) is 5.70. The molecule has 0 atom stereocenters. The van der Waals surface area contributed by atoms with Crippen LogP contribution in [0.1, 0.15) is 37.3 Å². The lowest BCUT2D eigenvalue weighted by Gasteiger charge is -2.13. The number of hydrogen-bond acceptors (Lipinski definition) is 1. The maximum atomic E-state index is 3.58. The largest absolute Gasteiger partial charge is 0.312 e. The summed E-state index contributed by atoms with van der Waals surface area (Å²) in [5.74, 6) is 0. The molecule has 1 aromatic carbocycles. The number of benzene rings is 1. The van der Waals surface area contributed by atoms with Gasteiger partial charge in [0.05, 0.1) is 0 Å². The fourth-order valence-corrected chi connectivity index (χ4v) is 2.13. The van der Waals surface area contributed by atoms with Crippen LogP contribution in [0.25, 0.3) is 0 Å². The van der Waals surface area contributed by atoms with E-state index in [1.54, 1.807) is 0 Å². The number of nitrogens with one attached hydrogen (secondary N) is 1. The van der Waals surface area contributed by atoms with Gasteiger partial charge in [0.2, 0.25) is 0 Å². The first-order valence-corrected chi connectivity index (χ1v) is 6.00. The summed E-state index contributed by atoms with van der Waals surface area (Å²) in [6, 6.07) is 8.75. The van der Waals surface area contributed by atoms with Gasteiger partial charge in [0, 0.05) is 13.1 Å². The lowest BCUT2D eigenvalue weighted by Crippen LogP contribution is -2.23. The molecule has 1 aliphatic rings. The molecule has 0 bridgehead atoms. The molecule has 1 N–H and O–H groups in total. The van der Waals surface area contributed by atoms with Crippen molar-refractivity contribution in [2.45, 2.75) is 39.7 Å². The summed E-state index contributed by atoms with van der Waals surface area (Å²) in [5, 5.41) is 3.58. The van der Waals surface area contributed by atoms with Crippen LogP contribution in [0.3, 0.4) is 0 Å². The molecule has 1 fully saturated rings. The van der Waals surface area contributed by atoms with Gasteiger partial charge in [-0.3, -0.25) is 0 Å². The third kappa shape index (κ3) is 3.50. The van der Waals surface area contributed by atoms with Gasteiger partial charge in [0.1, 0.15) is 0 Å². The Hall–Kier alpha value is -0.530. The molecule has 0 amide bonds. The Morgan fingerprint density at radius 2 is 2.06 bits per heavy atom. The van der Waals surface area contributed by atoms with Gasteiger partial charge in [0.15, 0.2) is 0 Å². The highest BCUT2D eigenvalue weighted by Gasteiger charge is 2.39. The van der Waals surface area contributed by atoms with Crippen molar-refractivity contribution in [2.24, 2.45) is 5.41 Å². The van der Waals surface area contributed by atoms with Gasteiger partial charge in [-0.05, 0) is 37.2 Å². The first kappa shape index (κ1) is 13.5. The highest BCUT2D eigenvalue weighted by Crippen LogP contribution is 2.47. The predicted molar refractivity (Wildman–Crippen MR) is 72.1 cm³/mol. The van der Waals surface area contributed by atoms with Crippen molar-refractivity contribution in [2.75, 3.05) is 6.54 Å². The zero-order valence-corrected chi connectivity index (χ0v) is 11.1. The van der Waals surface area contributed by atoms with Crippen LogP contribution >= 0.6 is 12.4 Å². The summed E-state index contributed by atoms with van der Waals surface area (Å²) >= 11 is 0. The average molecular weight is 240 g/mol. The van der Waals surface area contributed by atoms with Crippen molar-refractivity contribution in [3.8, 4) is 0 Å². The summed E-state index contributed by atoms with van der Waals surface area (Å²) in [5.41, 5.74) is 3.41. The molecule has 16 heavy (non-hydrogen) atoms. The molecule has 1 aliphatic carbocycles. The number of halogens is 1. The van der Waals surface area contributed by atoms with Gasteiger partial charge in [-0.1, -0.05) is 36.8 Å². The van der Waals surface area contributed by atoms with E-state index in [2.05, 4.69) is 43.4 Å². The summed E-state index contributed by atoms with van der Waals surface area (Å²) in [4.78, 5) is 0.